The van der Waals surface area contributed by atoms with E-state index in [1.165, 1.54) is 0 Å². The molecule has 1 aliphatic rings. The van der Waals surface area contributed by atoms with Gasteiger partial charge >= 0.3 is 0 Å². The second-order valence-corrected chi connectivity index (χ2v) is 5.24. The molecule has 0 bridgehead atoms. The molecule has 0 saturated carbocycles. The summed E-state index contributed by atoms with van der Waals surface area (Å²) in [4.78, 5) is 23.6. The van der Waals surface area contributed by atoms with E-state index in [-0.39, 0.29) is 18.4 Å². The maximum absolute atomic E-state index is 11.8. The number of halogens is 1. The largest absolute Gasteiger partial charge is 0.378 e. The highest BCUT2D eigenvalue weighted by molar-refractivity contribution is 6.33. The Morgan fingerprint density at radius 1 is 1.48 bits per heavy atom. The molecule has 0 aromatic heterocycles. The fourth-order valence-electron chi connectivity index (χ4n) is 1.94. The summed E-state index contributed by atoms with van der Waals surface area (Å²) < 4.78 is 5.19. The summed E-state index contributed by atoms with van der Waals surface area (Å²) in [7, 11) is 0. The number of rotatable bonds is 4. The number of amides is 2. The van der Waals surface area contributed by atoms with Crippen molar-refractivity contribution in [3.8, 4) is 0 Å². The molecule has 6 nitrogen and oxygen atoms in total. The monoisotopic (exact) mass is 311 g/mol. The standard InChI is InChI=1S/C14H18ClN3O3/c1-9-2-3-11(10(15)6-9)18-13(19)7-17-14(20)12-8-21-5-4-16-12/h2-3,6,12,16H,4-5,7-8H2,1H3,(H,17,20)(H,18,19). The number of carbonyl (C=O) groups is 2. The van der Waals surface area contributed by atoms with Crippen LogP contribution in [0.2, 0.25) is 5.02 Å². The Labute approximate surface area is 128 Å². The Hall–Kier alpha value is -1.63. The highest BCUT2D eigenvalue weighted by Gasteiger charge is 2.21. The molecule has 0 radical (unpaired) electrons. The summed E-state index contributed by atoms with van der Waals surface area (Å²) >= 11 is 6.03. The van der Waals surface area contributed by atoms with E-state index in [1.807, 2.05) is 13.0 Å². The fourth-order valence-corrected chi connectivity index (χ4v) is 2.22. The molecule has 114 valence electrons. The van der Waals surface area contributed by atoms with Gasteiger partial charge in [0.05, 0.1) is 30.5 Å². The molecule has 7 heteroatoms. The summed E-state index contributed by atoms with van der Waals surface area (Å²) in [6, 6.07) is 4.94. The fraction of sp³-hybridized carbons (Fsp3) is 0.429. The number of benzene rings is 1. The zero-order valence-corrected chi connectivity index (χ0v) is 12.5. The number of hydrogen-bond donors (Lipinski definition) is 3. The first-order chi connectivity index (χ1) is 10.1. The van der Waals surface area contributed by atoms with Crippen LogP contribution in [0, 0.1) is 6.92 Å². The van der Waals surface area contributed by atoms with Crippen LogP contribution in [0.5, 0.6) is 0 Å². The van der Waals surface area contributed by atoms with Crippen molar-refractivity contribution in [3.05, 3.63) is 28.8 Å². The Morgan fingerprint density at radius 3 is 2.95 bits per heavy atom. The quantitative estimate of drug-likeness (QED) is 0.764. The summed E-state index contributed by atoms with van der Waals surface area (Å²) in [6.07, 6.45) is 0. The van der Waals surface area contributed by atoms with E-state index in [4.69, 9.17) is 16.3 Å². The van der Waals surface area contributed by atoms with Gasteiger partial charge in [0.25, 0.3) is 0 Å². The van der Waals surface area contributed by atoms with Crippen LogP contribution in [0.15, 0.2) is 18.2 Å². The molecule has 1 aliphatic heterocycles. The van der Waals surface area contributed by atoms with Crippen molar-refractivity contribution < 1.29 is 14.3 Å². The summed E-state index contributed by atoms with van der Waals surface area (Å²) in [6.45, 7) is 3.34. The lowest BCUT2D eigenvalue weighted by Gasteiger charge is -2.22. The van der Waals surface area contributed by atoms with Gasteiger partial charge < -0.3 is 20.7 Å². The molecule has 1 fully saturated rings. The Bertz CT molecular complexity index is 530. The molecule has 1 saturated heterocycles. The third kappa shape index (κ3) is 4.70. The van der Waals surface area contributed by atoms with Crippen molar-refractivity contribution in [2.75, 3.05) is 31.6 Å². The molecule has 1 atom stereocenters. The minimum atomic E-state index is -0.408. The first-order valence-electron chi connectivity index (χ1n) is 6.71. The summed E-state index contributed by atoms with van der Waals surface area (Å²) in [5, 5.41) is 8.71. The maximum Gasteiger partial charge on any atom is 0.243 e. The zero-order valence-electron chi connectivity index (χ0n) is 11.7. The van der Waals surface area contributed by atoms with Gasteiger partial charge in [-0.3, -0.25) is 9.59 Å². The lowest BCUT2D eigenvalue weighted by atomic mass is 10.2. The van der Waals surface area contributed by atoms with Crippen molar-refractivity contribution in [1.29, 1.82) is 0 Å². The third-order valence-electron chi connectivity index (χ3n) is 3.06. The van der Waals surface area contributed by atoms with E-state index in [0.717, 1.165) is 5.56 Å². The molecule has 3 N–H and O–H groups in total. The highest BCUT2D eigenvalue weighted by Crippen LogP contribution is 2.22. The topological polar surface area (TPSA) is 79.5 Å². The predicted octanol–water partition coefficient (Wildman–Crippen LogP) is 0.692. The first kappa shape index (κ1) is 15.8. The molecule has 1 aromatic rings. The van der Waals surface area contributed by atoms with Crippen LogP contribution < -0.4 is 16.0 Å². The Balaban J connectivity index is 1.80. The minimum absolute atomic E-state index is 0.110. The Morgan fingerprint density at radius 2 is 2.29 bits per heavy atom. The maximum atomic E-state index is 11.8. The van der Waals surface area contributed by atoms with Gasteiger partial charge in [-0.15, -0.1) is 0 Å². The van der Waals surface area contributed by atoms with Crippen molar-refractivity contribution in [2.24, 2.45) is 0 Å². The average molecular weight is 312 g/mol. The molecule has 0 aliphatic carbocycles. The third-order valence-corrected chi connectivity index (χ3v) is 3.37. The number of aryl methyl sites for hydroxylation is 1. The van der Waals surface area contributed by atoms with Crippen LogP contribution in [0.25, 0.3) is 0 Å². The van der Waals surface area contributed by atoms with Crippen molar-refractivity contribution >= 4 is 29.1 Å². The molecule has 1 aromatic carbocycles. The summed E-state index contributed by atoms with van der Waals surface area (Å²) in [5.74, 6) is -0.578. The van der Waals surface area contributed by atoms with E-state index in [2.05, 4.69) is 16.0 Å². The molecule has 1 unspecified atom stereocenters. The first-order valence-corrected chi connectivity index (χ1v) is 7.09. The molecule has 21 heavy (non-hydrogen) atoms. The van der Waals surface area contributed by atoms with Gasteiger partial charge in [-0.1, -0.05) is 17.7 Å². The lowest BCUT2D eigenvalue weighted by molar-refractivity contribution is -0.128. The number of anilines is 1. The number of carbonyl (C=O) groups excluding carboxylic acids is 2. The smallest absolute Gasteiger partial charge is 0.243 e. The van der Waals surface area contributed by atoms with Crippen molar-refractivity contribution in [1.82, 2.24) is 10.6 Å². The van der Waals surface area contributed by atoms with Crippen LogP contribution in [-0.4, -0.2) is 44.2 Å². The predicted molar refractivity (Wildman–Crippen MR) is 80.4 cm³/mol. The van der Waals surface area contributed by atoms with Crippen LogP contribution in [0.1, 0.15) is 5.56 Å². The Kier molecular flexibility index (Phi) is 5.55. The van der Waals surface area contributed by atoms with Crippen LogP contribution in [-0.2, 0) is 14.3 Å². The van der Waals surface area contributed by atoms with Crippen molar-refractivity contribution in [2.45, 2.75) is 13.0 Å². The van der Waals surface area contributed by atoms with E-state index < -0.39 is 6.04 Å². The SMILES string of the molecule is Cc1ccc(NC(=O)CNC(=O)C2COCCN2)c(Cl)c1. The molecule has 2 rings (SSSR count). The highest BCUT2D eigenvalue weighted by atomic mass is 35.5. The van der Waals surface area contributed by atoms with E-state index in [9.17, 15) is 9.59 Å². The second kappa shape index (κ2) is 7.40. The van der Waals surface area contributed by atoms with Gasteiger partial charge in [0.2, 0.25) is 11.8 Å². The van der Waals surface area contributed by atoms with Gasteiger partial charge in [-0.25, -0.2) is 0 Å². The van der Waals surface area contributed by atoms with E-state index in [0.29, 0.717) is 30.5 Å². The molecular formula is C14H18ClN3O3. The van der Waals surface area contributed by atoms with E-state index >= 15 is 0 Å². The van der Waals surface area contributed by atoms with Crippen molar-refractivity contribution in [3.63, 3.8) is 0 Å². The van der Waals surface area contributed by atoms with Crippen LogP contribution >= 0.6 is 11.6 Å². The number of ether oxygens (including phenoxy) is 1. The van der Waals surface area contributed by atoms with Gasteiger partial charge in [0.1, 0.15) is 6.04 Å². The van der Waals surface area contributed by atoms with Gasteiger partial charge in [-0.05, 0) is 24.6 Å². The number of nitrogens with one attached hydrogen (secondary N) is 3. The molecule has 0 spiro atoms. The summed E-state index contributed by atoms with van der Waals surface area (Å²) in [5.41, 5.74) is 1.54. The molecule has 2 amide bonds. The zero-order chi connectivity index (χ0) is 15.2. The second-order valence-electron chi connectivity index (χ2n) is 4.83. The van der Waals surface area contributed by atoms with Gasteiger partial charge in [0.15, 0.2) is 0 Å². The van der Waals surface area contributed by atoms with Crippen LogP contribution in [0.4, 0.5) is 5.69 Å². The molecular weight excluding hydrogens is 294 g/mol. The molecule has 1 heterocycles. The van der Waals surface area contributed by atoms with E-state index in [1.54, 1.807) is 12.1 Å². The number of hydrogen-bond acceptors (Lipinski definition) is 4. The lowest BCUT2D eigenvalue weighted by Crippen LogP contribution is -2.52. The minimum Gasteiger partial charge on any atom is -0.378 e. The average Bonchev–Trinajstić information content (AvgIpc) is 2.48. The van der Waals surface area contributed by atoms with Gasteiger partial charge in [0, 0.05) is 6.54 Å². The normalized spacial score (nSPS) is 18.1. The van der Waals surface area contributed by atoms with Gasteiger partial charge in [-0.2, -0.15) is 0 Å². The number of morpholine rings is 1. The van der Waals surface area contributed by atoms with Crippen LogP contribution in [0.3, 0.4) is 0 Å².